The van der Waals surface area contributed by atoms with Gasteiger partial charge < -0.3 is 9.84 Å². The van der Waals surface area contributed by atoms with Gasteiger partial charge in [-0.25, -0.2) is 14.2 Å². The zero-order chi connectivity index (χ0) is 25.0. The molecule has 0 fully saturated rings. The lowest BCUT2D eigenvalue weighted by molar-refractivity contribution is -0.138. The van der Waals surface area contributed by atoms with Crippen LogP contribution < -0.4 is 4.74 Å². The lowest BCUT2D eigenvalue weighted by Gasteiger charge is -2.22. The Morgan fingerprint density at radius 1 is 1.12 bits per heavy atom. The second-order valence-corrected chi connectivity index (χ2v) is 9.45. The molecule has 0 aliphatic rings. The van der Waals surface area contributed by atoms with Crippen molar-refractivity contribution in [2.45, 2.75) is 37.9 Å². The minimum atomic E-state index is -3.22. The lowest BCUT2D eigenvalue weighted by atomic mass is 9.97. The van der Waals surface area contributed by atoms with Gasteiger partial charge in [0.15, 0.2) is 5.75 Å². The number of carbonyl (C=O) groups is 1. The quantitative estimate of drug-likeness (QED) is 0.246. The van der Waals surface area contributed by atoms with Crippen LogP contribution in [0.15, 0.2) is 73.3 Å². The van der Waals surface area contributed by atoms with E-state index < -0.39 is 31.1 Å². The third kappa shape index (κ3) is 4.82. The number of aliphatic hydroxyl groups is 1. The van der Waals surface area contributed by atoms with Crippen LogP contribution in [0.3, 0.4) is 0 Å². The number of hydrogen-bond acceptors (Lipinski definition) is 5. The Bertz CT molecular complexity index is 1210. The Morgan fingerprint density at radius 2 is 1.74 bits per heavy atom. The summed E-state index contributed by atoms with van der Waals surface area (Å²) in [6, 6.07) is 16.8. The van der Waals surface area contributed by atoms with Crippen LogP contribution in [-0.2, 0) is 9.36 Å². The number of pyridine rings is 1. The average Bonchev–Trinajstić information content (AvgIpc) is 2.80. The first-order chi connectivity index (χ1) is 16.1. The summed E-state index contributed by atoms with van der Waals surface area (Å²) in [5, 5.41) is 7.96. The summed E-state index contributed by atoms with van der Waals surface area (Å²) in [6.45, 7) is 8.43. The minimum absolute atomic E-state index is 0.0648. The Hall–Kier alpha value is -3.25. The van der Waals surface area contributed by atoms with Gasteiger partial charge in [-0.1, -0.05) is 62.9 Å². The molecule has 0 saturated carbocycles. The molecule has 2 aromatic carbocycles. The van der Waals surface area contributed by atoms with Gasteiger partial charge in [0.1, 0.15) is 11.9 Å². The molecule has 3 unspecified atom stereocenters. The topological polar surface area (TPSA) is 96.7 Å². The maximum Gasteiger partial charge on any atom is 0.531 e. The van der Waals surface area contributed by atoms with Gasteiger partial charge in [0.25, 0.3) is 0 Å². The van der Waals surface area contributed by atoms with Crippen molar-refractivity contribution in [3.8, 4) is 28.1 Å². The van der Waals surface area contributed by atoms with Crippen LogP contribution in [0, 0.1) is 5.82 Å². The normalized spacial score (nSPS) is 14.3. The molecule has 0 saturated heterocycles. The summed E-state index contributed by atoms with van der Waals surface area (Å²) in [7, 11) is -3.22. The smallest absolute Gasteiger partial charge is 0.420 e. The number of ether oxygens (including phenoxy) is 1. The van der Waals surface area contributed by atoms with E-state index in [1.165, 1.54) is 19.1 Å². The molecular weight excluding hydrogens is 456 g/mol. The lowest BCUT2D eigenvalue weighted by Crippen LogP contribution is -2.46. The molecule has 34 heavy (non-hydrogen) atoms. The first-order valence-electron chi connectivity index (χ1n) is 10.7. The predicted molar refractivity (Wildman–Crippen MR) is 129 cm³/mol. The van der Waals surface area contributed by atoms with Crippen LogP contribution in [-0.4, -0.2) is 32.2 Å². The van der Waals surface area contributed by atoms with E-state index in [0.717, 1.165) is 11.6 Å². The molecule has 0 bridgehead atoms. The van der Waals surface area contributed by atoms with Gasteiger partial charge in [0.05, 0.1) is 11.4 Å². The van der Waals surface area contributed by atoms with E-state index >= 15 is 0 Å². The summed E-state index contributed by atoms with van der Waals surface area (Å²) in [6.07, 6.45) is -0.615. The summed E-state index contributed by atoms with van der Waals surface area (Å²) in [5.41, 5.74) is 2.87. The fourth-order valence-electron chi connectivity index (χ4n) is 3.57. The van der Waals surface area contributed by atoms with Gasteiger partial charge >= 0.3 is 19.2 Å². The van der Waals surface area contributed by atoms with Crippen molar-refractivity contribution in [3.63, 3.8) is 0 Å². The highest BCUT2D eigenvalue weighted by atomic mass is 31.1. The molecule has 3 atom stereocenters. The fourth-order valence-corrected chi connectivity index (χ4v) is 4.24. The van der Waals surface area contributed by atoms with Crippen LogP contribution in [0.2, 0.25) is 0 Å². The number of aliphatic hydroxyl groups excluding tert-OH is 1. The summed E-state index contributed by atoms with van der Waals surface area (Å²) in [5.74, 6) is -1.71. The molecule has 1 heterocycles. The molecule has 1 aromatic heterocycles. The molecule has 3 rings (SSSR count). The van der Waals surface area contributed by atoms with Gasteiger partial charge in [-0.05, 0) is 47.2 Å². The highest BCUT2D eigenvalue weighted by Gasteiger charge is 2.60. The van der Waals surface area contributed by atoms with E-state index in [0.29, 0.717) is 22.5 Å². The van der Waals surface area contributed by atoms with E-state index in [1.807, 2.05) is 44.2 Å². The van der Waals surface area contributed by atoms with Crippen molar-refractivity contribution in [1.29, 1.82) is 0 Å². The monoisotopic (exact) mass is 482 g/mol. The van der Waals surface area contributed by atoms with Gasteiger partial charge in [0, 0.05) is 11.1 Å². The molecule has 0 amide bonds. The third-order valence-electron chi connectivity index (χ3n) is 5.56. The van der Waals surface area contributed by atoms with Crippen molar-refractivity contribution >= 4 is 14.0 Å². The van der Waals surface area contributed by atoms with Crippen molar-refractivity contribution in [2.75, 3.05) is 0 Å². The molecule has 0 aliphatic carbocycles. The maximum atomic E-state index is 13.6. The van der Waals surface area contributed by atoms with E-state index in [1.54, 1.807) is 18.2 Å². The predicted octanol–water partition coefficient (Wildman–Crippen LogP) is 5.62. The van der Waals surface area contributed by atoms with Crippen molar-refractivity contribution < 1.29 is 28.5 Å². The van der Waals surface area contributed by atoms with Crippen LogP contribution in [0.25, 0.3) is 22.4 Å². The van der Waals surface area contributed by atoms with E-state index in [9.17, 15) is 23.7 Å². The Kier molecular flexibility index (Phi) is 7.72. The van der Waals surface area contributed by atoms with Crippen LogP contribution in [0.1, 0.15) is 32.4 Å². The molecule has 3 aromatic rings. The Balaban J connectivity index is 2.28. The first-order valence-corrected chi connectivity index (χ1v) is 11.9. The molecule has 0 aliphatic heterocycles. The summed E-state index contributed by atoms with van der Waals surface area (Å²) in [4.78, 5) is 27.8. The second kappa shape index (κ2) is 10.3. The highest BCUT2D eigenvalue weighted by molar-refractivity contribution is 7.42. The van der Waals surface area contributed by atoms with Gasteiger partial charge in [0.2, 0.25) is 0 Å². The van der Waals surface area contributed by atoms with Crippen molar-refractivity contribution in [2.24, 2.45) is 0 Å². The molecule has 0 spiro atoms. The Morgan fingerprint density at radius 3 is 2.24 bits per heavy atom. The van der Waals surface area contributed by atoms with Gasteiger partial charge in [-0.3, -0.25) is 0 Å². The number of esters is 1. The maximum absolute atomic E-state index is 13.6. The number of hydrogen-bond donors (Lipinski definition) is 2. The molecule has 0 radical (unpaired) electrons. The number of benzene rings is 2. The fraction of sp³-hybridized carbons (Fsp3) is 0.231. The van der Waals surface area contributed by atoms with Crippen LogP contribution in [0.5, 0.6) is 5.75 Å². The zero-order valence-corrected chi connectivity index (χ0v) is 20.0. The Labute approximate surface area is 198 Å². The number of nitrogens with zero attached hydrogens (tertiary/aromatic N) is 1. The zero-order valence-electron chi connectivity index (χ0n) is 19.1. The standard InChI is InChI=1S/C26H25FNO5P/c1-5-26(17(4)29,34(31)32)25(30)33-24-21(18-11-13-20(27)14-12-18)15-22(28-23(24)16(2)3)19-9-7-6-8-10-19/h5-17,29H,1H2,2-4H3/p+1. The summed E-state index contributed by atoms with van der Waals surface area (Å²) < 4.78 is 31.5. The van der Waals surface area contributed by atoms with E-state index in [-0.39, 0.29) is 11.7 Å². The van der Waals surface area contributed by atoms with Gasteiger partial charge in [-0.15, -0.1) is 0 Å². The number of aromatic nitrogens is 1. The summed E-state index contributed by atoms with van der Waals surface area (Å²) >= 11 is 0. The van der Waals surface area contributed by atoms with E-state index in [2.05, 4.69) is 6.58 Å². The first kappa shape index (κ1) is 25.4. The second-order valence-electron chi connectivity index (χ2n) is 8.16. The molecular formula is C26H26FNO5P+. The van der Waals surface area contributed by atoms with Crippen molar-refractivity contribution in [1.82, 2.24) is 4.98 Å². The largest absolute Gasteiger partial charge is 0.531 e. The molecule has 6 nitrogen and oxygen atoms in total. The average molecular weight is 482 g/mol. The molecule has 176 valence electrons. The third-order valence-corrected chi connectivity index (χ3v) is 6.93. The minimum Gasteiger partial charge on any atom is -0.420 e. The van der Waals surface area contributed by atoms with Crippen molar-refractivity contribution in [3.05, 3.63) is 84.8 Å². The number of carbonyl (C=O) groups excluding carboxylic acids is 1. The van der Waals surface area contributed by atoms with Crippen LogP contribution >= 0.6 is 8.03 Å². The van der Waals surface area contributed by atoms with Crippen LogP contribution in [0.4, 0.5) is 4.39 Å². The molecule has 8 heteroatoms. The highest BCUT2D eigenvalue weighted by Crippen LogP contribution is 2.44. The SMILES string of the molecule is C=CC(C(=O)Oc1c(-c2ccc(F)cc2)cc(-c2ccccc2)nc1C(C)C)(C(C)O)[P+](=O)O. The number of rotatable bonds is 8. The number of halogens is 1. The van der Waals surface area contributed by atoms with Gasteiger partial charge in [-0.2, -0.15) is 4.89 Å². The molecule has 2 N–H and O–H groups in total. The van der Waals surface area contributed by atoms with E-state index in [4.69, 9.17) is 9.72 Å².